The number of carboxylic acid groups (broad SMARTS) is 1. The van der Waals surface area contributed by atoms with Crippen LogP contribution in [0.1, 0.15) is 40.1 Å². The number of carboxylic acids is 1. The van der Waals surface area contributed by atoms with E-state index in [1.54, 1.807) is 43.5 Å². The highest BCUT2D eigenvalue weighted by atomic mass is 17.1. The number of rotatable bonds is 14. The highest BCUT2D eigenvalue weighted by Crippen LogP contribution is 2.29. The highest BCUT2D eigenvalue weighted by molar-refractivity contribution is 6.11. The molecular weight excluding hydrogens is 709 g/mol. The molecule has 6 aromatic rings. The Labute approximate surface area is 327 Å². The molecular formula is C46H46N2O8. The van der Waals surface area contributed by atoms with E-state index in [4.69, 9.17) is 19.5 Å². The van der Waals surface area contributed by atoms with E-state index in [0.29, 0.717) is 24.7 Å². The van der Waals surface area contributed by atoms with E-state index in [0.717, 1.165) is 39.2 Å². The van der Waals surface area contributed by atoms with Gasteiger partial charge in [0.1, 0.15) is 19.1 Å². The summed E-state index contributed by atoms with van der Waals surface area (Å²) in [4.78, 5) is 36.9. The molecule has 10 nitrogen and oxygen atoms in total. The van der Waals surface area contributed by atoms with Gasteiger partial charge in [-0.2, -0.15) is 0 Å². The van der Waals surface area contributed by atoms with E-state index in [2.05, 4.69) is 47.6 Å². The summed E-state index contributed by atoms with van der Waals surface area (Å²) in [5.41, 5.74) is 7.19. The van der Waals surface area contributed by atoms with Gasteiger partial charge in [-0.25, -0.2) is 9.68 Å². The Hall–Kier alpha value is -6.59. The molecule has 6 rings (SSSR count). The first kappa shape index (κ1) is 42.2. The maximum atomic E-state index is 12.9. The topological polar surface area (TPSA) is 143 Å². The average molecular weight is 755 g/mol. The Balaban J connectivity index is 0.000000253. The van der Waals surface area contributed by atoms with Gasteiger partial charge in [-0.05, 0) is 76.9 Å². The van der Waals surface area contributed by atoms with Crippen LogP contribution in [0.3, 0.4) is 0 Å². The first-order chi connectivity index (χ1) is 27.2. The summed E-state index contributed by atoms with van der Waals surface area (Å²) in [6.45, 7) is 7.31. The lowest BCUT2D eigenvalue weighted by atomic mass is 9.96. The minimum atomic E-state index is -1.16. The van der Waals surface area contributed by atoms with Crippen molar-refractivity contribution in [2.75, 3.05) is 31.0 Å². The van der Waals surface area contributed by atoms with Crippen LogP contribution in [0, 0.1) is 5.41 Å². The van der Waals surface area contributed by atoms with Crippen LogP contribution in [-0.4, -0.2) is 49.4 Å². The molecule has 0 saturated heterocycles. The smallest absolute Gasteiger partial charge is 0.336 e. The summed E-state index contributed by atoms with van der Waals surface area (Å²) in [5, 5.41) is 24.5. The van der Waals surface area contributed by atoms with Crippen LogP contribution in [0.15, 0.2) is 152 Å². The van der Waals surface area contributed by atoms with Crippen molar-refractivity contribution in [2.45, 2.75) is 20.5 Å². The second-order valence-electron chi connectivity index (χ2n) is 13.3. The molecule has 0 unspecified atom stereocenters. The monoisotopic (exact) mass is 754 g/mol. The molecule has 0 spiro atoms. The molecule has 0 fully saturated rings. The van der Waals surface area contributed by atoms with Crippen LogP contribution in [0.2, 0.25) is 0 Å². The summed E-state index contributed by atoms with van der Waals surface area (Å²) in [6, 6.07) is 47.4. The van der Waals surface area contributed by atoms with E-state index >= 15 is 0 Å². The average Bonchev–Trinajstić information content (AvgIpc) is 3.23. The van der Waals surface area contributed by atoms with Crippen LogP contribution in [0.4, 0.5) is 17.1 Å². The summed E-state index contributed by atoms with van der Waals surface area (Å²) in [6.07, 6.45) is 0. The first-order valence-corrected chi connectivity index (χ1v) is 17.7. The predicted molar refractivity (Wildman–Crippen MR) is 221 cm³/mol. The fraction of sp³-hybridized carbons (Fsp3) is 0.152. The van der Waals surface area contributed by atoms with Crippen molar-refractivity contribution in [3.8, 4) is 28.0 Å². The maximum Gasteiger partial charge on any atom is 0.336 e. The second-order valence-corrected chi connectivity index (χ2v) is 13.3. The Morgan fingerprint density at radius 1 is 0.643 bits per heavy atom. The number of ether oxygens (including phenoxy) is 2. The number of amides is 1. The van der Waals surface area contributed by atoms with Gasteiger partial charge in [-0.15, -0.1) is 0 Å². The van der Waals surface area contributed by atoms with Gasteiger partial charge in [0.25, 0.3) is 5.91 Å². The van der Waals surface area contributed by atoms with E-state index in [9.17, 15) is 14.7 Å². The molecule has 0 aromatic heterocycles. The van der Waals surface area contributed by atoms with Gasteiger partial charge in [0.15, 0.2) is 0 Å². The number of para-hydroxylation sites is 1. The quantitative estimate of drug-likeness (QED) is 0.0631. The summed E-state index contributed by atoms with van der Waals surface area (Å²) < 4.78 is 11.0. The van der Waals surface area contributed by atoms with Crippen molar-refractivity contribution in [2.24, 2.45) is 5.41 Å². The number of nitrogens with one attached hydrogen (secondary N) is 2. The molecule has 0 radical (unpaired) electrons. The third-order valence-electron chi connectivity index (χ3n) is 8.37. The molecule has 4 N–H and O–H groups in total. The van der Waals surface area contributed by atoms with E-state index in [1.807, 2.05) is 97.8 Å². The lowest BCUT2D eigenvalue weighted by Crippen LogP contribution is -2.26. The number of aromatic carboxylic acids is 1. The number of carbonyl (C=O) groups excluding carboxylic acids is 2. The van der Waals surface area contributed by atoms with Gasteiger partial charge in [-0.3, -0.25) is 10.1 Å². The molecule has 6 aromatic carbocycles. The van der Waals surface area contributed by atoms with E-state index in [-0.39, 0.29) is 23.1 Å². The number of hydrogen-bond acceptors (Lipinski definition) is 8. The Morgan fingerprint density at radius 3 is 1.75 bits per heavy atom. The van der Waals surface area contributed by atoms with Crippen molar-refractivity contribution < 1.29 is 39.1 Å². The lowest BCUT2D eigenvalue weighted by Gasteiger charge is -2.23. The zero-order chi connectivity index (χ0) is 40.3. The van der Waals surface area contributed by atoms with Crippen molar-refractivity contribution in [1.82, 2.24) is 0 Å². The predicted octanol–water partition coefficient (Wildman–Crippen LogP) is 10.3. The molecule has 0 aliphatic rings. The minimum Gasteiger partial charge on any atom is -0.493 e. The third kappa shape index (κ3) is 12.5. The Bertz CT molecular complexity index is 2130. The van der Waals surface area contributed by atoms with Gasteiger partial charge in [-0.1, -0.05) is 111 Å². The maximum absolute atomic E-state index is 12.9. The van der Waals surface area contributed by atoms with Crippen molar-refractivity contribution in [1.29, 1.82) is 0 Å². The van der Waals surface area contributed by atoms with Crippen LogP contribution >= 0.6 is 0 Å². The number of methoxy groups -OCH3 is 1. The zero-order valence-electron chi connectivity index (χ0n) is 31.6. The molecule has 0 atom stereocenters. The van der Waals surface area contributed by atoms with Crippen LogP contribution in [0.5, 0.6) is 5.75 Å². The SMILES string of the molecule is C=O.COCC(C)(C)COc1ccc(NC(=O)c2cc(-c3ccccc3)ccc2C(=O)O)cc1.OOCc1ccc(-c2ccccc2)cc1Nc1ccccc1. The van der Waals surface area contributed by atoms with Crippen LogP contribution in [-0.2, 0) is 21.0 Å². The van der Waals surface area contributed by atoms with E-state index in [1.165, 1.54) is 6.07 Å². The van der Waals surface area contributed by atoms with Gasteiger partial charge >= 0.3 is 5.97 Å². The lowest BCUT2D eigenvalue weighted by molar-refractivity contribution is -0.252. The van der Waals surface area contributed by atoms with Gasteiger partial charge in [0.2, 0.25) is 0 Å². The molecule has 0 saturated carbocycles. The normalized spacial score (nSPS) is 10.5. The van der Waals surface area contributed by atoms with Gasteiger partial charge in [0, 0.05) is 35.2 Å². The zero-order valence-corrected chi connectivity index (χ0v) is 31.6. The Kier molecular flexibility index (Phi) is 16.1. The molecule has 1 amide bonds. The molecule has 0 bridgehead atoms. The summed E-state index contributed by atoms with van der Waals surface area (Å²) in [5.74, 6) is -0.975. The van der Waals surface area contributed by atoms with E-state index < -0.39 is 11.9 Å². The fourth-order valence-corrected chi connectivity index (χ4v) is 5.65. The second kappa shape index (κ2) is 21.3. The minimum absolute atomic E-state index is 0.0532. The molecule has 288 valence electrons. The number of anilines is 3. The van der Waals surface area contributed by atoms with Gasteiger partial charge in [0.05, 0.1) is 24.3 Å². The Morgan fingerprint density at radius 2 is 1.20 bits per heavy atom. The fourth-order valence-electron chi connectivity index (χ4n) is 5.65. The molecule has 56 heavy (non-hydrogen) atoms. The van der Waals surface area contributed by atoms with Crippen molar-refractivity contribution >= 4 is 35.7 Å². The van der Waals surface area contributed by atoms with Crippen LogP contribution < -0.4 is 15.4 Å². The van der Waals surface area contributed by atoms with Crippen molar-refractivity contribution in [3.05, 3.63) is 168 Å². The molecule has 0 aliphatic carbocycles. The standard InChI is InChI=1S/C26H27NO5.C19H17NO2.CH2O/c1-26(2,16-31-3)17-32-21-12-10-20(11-13-21)27-24(28)23-15-19(9-14-22(23)25(29)30)18-7-5-4-6-8-18;21-22-14-17-12-11-16(15-7-3-1-4-8-15)13-19(17)20-18-9-5-2-6-10-18;1-2/h4-15H,16-17H2,1-3H3,(H,27,28)(H,29,30);1-13,20-21H,14H2;1H2. The molecule has 0 aliphatic heterocycles. The summed E-state index contributed by atoms with van der Waals surface area (Å²) >= 11 is 0. The molecule has 10 heteroatoms. The highest BCUT2D eigenvalue weighted by Gasteiger charge is 2.20. The number of carbonyl (C=O) groups is 3. The third-order valence-corrected chi connectivity index (χ3v) is 8.37. The number of benzene rings is 6. The largest absolute Gasteiger partial charge is 0.493 e. The number of hydrogen-bond donors (Lipinski definition) is 4. The van der Waals surface area contributed by atoms with Crippen molar-refractivity contribution in [3.63, 3.8) is 0 Å². The first-order valence-electron chi connectivity index (χ1n) is 17.7. The van der Waals surface area contributed by atoms with Gasteiger partial charge < -0.3 is 30.0 Å². The van der Waals surface area contributed by atoms with Crippen LogP contribution in [0.25, 0.3) is 22.3 Å². The summed E-state index contributed by atoms with van der Waals surface area (Å²) in [7, 11) is 1.66. The molecule has 0 heterocycles.